The summed E-state index contributed by atoms with van der Waals surface area (Å²) in [5, 5.41) is 17.5. The van der Waals surface area contributed by atoms with Gasteiger partial charge in [0.1, 0.15) is 22.3 Å². The van der Waals surface area contributed by atoms with E-state index in [1.165, 1.54) is 18.3 Å². The molecule has 3 aromatic rings. The Labute approximate surface area is 195 Å². The number of aromatic nitrogens is 3. The van der Waals surface area contributed by atoms with Crippen molar-refractivity contribution in [3.05, 3.63) is 58.9 Å². The van der Waals surface area contributed by atoms with E-state index in [4.69, 9.17) is 27.2 Å². The van der Waals surface area contributed by atoms with Crippen LogP contribution < -0.4 is 15.9 Å². The number of halogens is 2. The minimum absolute atomic E-state index is 0.201. The lowest BCUT2D eigenvalue weighted by atomic mass is 10.0. The molecule has 3 aromatic heterocycles. The molecule has 4 N–H and O–H groups in total. The van der Waals surface area contributed by atoms with E-state index < -0.39 is 11.9 Å². The second-order valence-corrected chi connectivity index (χ2v) is 8.11. The molecule has 0 spiro atoms. The lowest BCUT2D eigenvalue weighted by Crippen LogP contribution is -2.31. The molecule has 1 aliphatic heterocycles. The summed E-state index contributed by atoms with van der Waals surface area (Å²) in [6, 6.07) is 6.40. The number of aliphatic imine (C=N–C) groups is 1. The Hall–Kier alpha value is -3.08. The van der Waals surface area contributed by atoms with Crippen LogP contribution in [0.1, 0.15) is 37.1 Å². The number of nitrogens with two attached hydrogens (primary N) is 1. The van der Waals surface area contributed by atoms with Crippen molar-refractivity contribution >= 4 is 28.7 Å². The zero-order valence-corrected chi connectivity index (χ0v) is 18.8. The number of hydrazone groups is 1. The van der Waals surface area contributed by atoms with Crippen LogP contribution in [0.4, 0.5) is 4.39 Å². The van der Waals surface area contributed by atoms with Crippen molar-refractivity contribution in [1.82, 2.24) is 19.7 Å². The summed E-state index contributed by atoms with van der Waals surface area (Å²) in [4.78, 5) is 13.2. The highest BCUT2D eigenvalue weighted by atomic mass is 35.5. The Morgan fingerprint density at radius 3 is 2.79 bits per heavy atom. The maximum Gasteiger partial charge on any atom is 0.201 e. The molecule has 174 valence electrons. The SMILES string of the molecule is CC(=NC1CCNCC1)/C(=N\N)c1cc(OC(CO)c2ccc(F)cn2)n2c(Cl)cnc2c1. The summed E-state index contributed by atoms with van der Waals surface area (Å²) in [7, 11) is 0. The van der Waals surface area contributed by atoms with Gasteiger partial charge in [-0.2, -0.15) is 5.10 Å². The van der Waals surface area contributed by atoms with Crippen LogP contribution in [0.3, 0.4) is 0 Å². The molecular weight excluding hydrogens is 449 g/mol. The molecule has 0 amide bonds. The average molecular weight is 474 g/mol. The van der Waals surface area contributed by atoms with E-state index in [1.807, 2.05) is 6.92 Å². The fraction of sp³-hybridized carbons (Fsp3) is 0.364. The van der Waals surface area contributed by atoms with E-state index in [0.717, 1.165) is 32.1 Å². The third-order valence-electron chi connectivity index (χ3n) is 5.47. The number of nitrogens with zero attached hydrogens (tertiary/aromatic N) is 5. The molecule has 33 heavy (non-hydrogen) atoms. The van der Waals surface area contributed by atoms with Gasteiger partial charge in [0, 0.05) is 11.6 Å². The van der Waals surface area contributed by atoms with Crippen molar-refractivity contribution in [2.75, 3.05) is 19.7 Å². The van der Waals surface area contributed by atoms with E-state index in [1.54, 1.807) is 16.5 Å². The Kier molecular flexibility index (Phi) is 7.17. The van der Waals surface area contributed by atoms with Gasteiger partial charge in [-0.1, -0.05) is 11.6 Å². The van der Waals surface area contributed by atoms with Gasteiger partial charge in [-0.05, 0) is 51.1 Å². The molecule has 0 aliphatic carbocycles. The molecule has 1 saturated heterocycles. The summed E-state index contributed by atoms with van der Waals surface area (Å²) in [5.41, 5.74) is 2.72. The van der Waals surface area contributed by atoms with Crippen molar-refractivity contribution in [3.63, 3.8) is 0 Å². The first-order valence-corrected chi connectivity index (χ1v) is 11.0. The van der Waals surface area contributed by atoms with Crippen molar-refractivity contribution in [1.29, 1.82) is 0 Å². The summed E-state index contributed by atoms with van der Waals surface area (Å²) in [5.74, 6) is 5.57. The average Bonchev–Trinajstić information content (AvgIpc) is 3.20. The van der Waals surface area contributed by atoms with Crippen molar-refractivity contribution in [3.8, 4) is 5.88 Å². The largest absolute Gasteiger partial charge is 0.466 e. The van der Waals surface area contributed by atoms with Gasteiger partial charge in [-0.3, -0.25) is 14.4 Å². The quantitative estimate of drug-likeness (QED) is 0.275. The number of rotatable bonds is 7. The number of aliphatic hydroxyl groups is 1. The van der Waals surface area contributed by atoms with Gasteiger partial charge in [-0.25, -0.2) is 9.37 Å². The first-order valence-electron chi connectivity index (χ1n) is 10.6. The number of fused-ring (bicyclic) bond motifs is 1. The zero-order chi connectivity index (χ0) is 23.4. The third kappa shape index (κ3) is 5.13. The third-order valence-corrected chi connectivity index (χ3v) is 5.74. The number of nitrogens with one attached hydrogen (secondary N) is 1. The van der Waals surface area contributed by atoms with Gasteiger partial charge in [-0.15, -0.1) is 0 Å². The van der Waals surface area contributed by atoms with Gasteiger partial charge in [0.2, 0.25) is 5.88 Å². The molecule has 0 radical (unpaired) electrons. The van der Waals surface area contributed by atoms with Gasteiger partial charge in [0.25, 0.3) is 0 Å². The smallest absolute Gasteiger partial charge is 0.201 e. The molecule has 4 rings (SSSR count). The maximum absolute atomic E-state index is 13.3. The fourth-order valence-electron chi connectivity index (χ4n) is 3.83. The lowest BCUT2D eigenvalue weighted by Gasteiger charge is -2.21. The van der Waals surface area contributed by atoms with Crippen LogP contribution in [0, 0.1) is 5.82 Å². The van der Waals surface area contributed by atoms with E-state index in [9.17, 15) is 9.50 Å². The second-order valence-electron chi connectivity index (χ2n) is 7.72. The monoisotopic (exact) mass is 473 g/mol. The summed E-state index contributed by atoms with van der Waals surface area (Å²) >= 11 is 6.34. The van der Waals surface area contributed by atoms with Crippen molar-refractivity contribution in [2.45, 2.75) is 31.9 Å². The van der Waals surface area contributed by atoms with Gasteiger partial charge >= 0.3 is 0 Å². The number of ether oxygens (including phenoxy) is 1. The highest BCUT2D eigenvalue weighted by Gasteiger charge is 2.21. The van der Waals surface area contributed by atoms with Gasteiger partial charge in [0.15, 0.2) is 6.10 Å². The van der Waals surface area contributed by atoms with Crippen LogP contribution in [-0.2, 0) is 0 Å². The molecule has 11 heteroatoms. The molecule has 0 bridgehead atoms. The van der Waals surface area contributed by atoms with Crippen LogP contribution in [0.15, 0.2) is 46.8 Å². The van der Waals surface area contributed by atoms with Crippen molar-refractivity contribution in [2.24, 2.45) is 15.9 Å². The Morgan fingerprint density at radius 1 is 1.33 bits per heavy atom. The molecule has 0 saturated carbocycles. The Balaban J connectivity index is 1.71. The number of aliphatic hydroxyl groups excluding tert-OH is 1. The first-order chi connectivity index (χ1) is 16.0. The zero-order valence-electron chi connectivity index (χ0n) is 18.1. The summed E-state index contributed by atoms with van der Waals surface area (Å²) in [6.45, 7) is 3.33. The maximum atomic E-state index is 13.3. The van der Waals surface area contributed by atoms with Gasteiger partial charge in [0.05, 0.1) is 36.4 Å². The van der Waals surface area contributed by atoms with Crippen LogP contribution in [0.25, 0.3) is 5.65 Å². The Bertz CT molecular complexity index is 1170. The predicted molar refractivity (Wildman–Crippen MR) is 125 cm³/mol. The molecule has 1 aliphatic rings. The molecule has 1 fully saturated rings. The number of imidazole rings is 1. The molecule has 4 heterocycles. The number of piperidine rings is 1. The normalized spacial score (nSPS) is 16.8. The minimum Gasteiger partial charge on any atom is -0.466 e. The number of pyridine rings is 2. The highest BCUT2D eigenvalue weighted by Crippen LogP contribution is 2.28. The van der Waals surface area contributed by atoms with Crippen LogP contribution in [-0.4, -0.2) is 56.6 Å². The summed E-state index contributed by atoms with van der Waals surface area (Å²) in [6.07, 6.45) is 3.59. The predicted octanol–water partition coefficient (Wildman–Crippen LogP) is 2.51. The lowest BCUT2D eigenvalue weighted by molar-refractivity contribution is 0.107. The standard InChI is InChI=1S/C22H25ClFN7O2/c1-13(29-16-4-6-26-7-5-16)22(30-25)14-8-20-28-11-19(23)31(20)21(9-14)33-18(12-32)17-3-2-15(24)10-27-17/h2-3,8-11,16,18,26,32H,4-7,12,25H2,1H3/b29-13?,30-22+. The van der Waals surface area contributed by atoms with Crippen LogP contribution in [0.5, 0.6) is 5.88 Å². The topological polar surface area (TPSA) is 122 Å². The van der Waals surface area contributed by atoms with Crippen LogP contribution >= 0.6 is 11.6 Å². The molecular formula is C22H25ClFN7O2. The Morgan fingerprint density at radius 2 is 2.12 bits per heavy atom. The van der Waals surface area contributed by atoms with Gasteiger partial charge < -0.3 is 21.0 Å². The minimum atomic E-state index is -0.856. The molecule has 1 atom stereocenters. The fourth-order valence-corrected chi connectivity index (χ4v) is 4.05. The highest BCUT2D eigenvalue weighted by molar-refractivity contribution is 6.47. The van der Waals surface area contributed by atoms with Crippen molar-refractivity contribution < 1.29 is 14.2 Å². The number of hydrogen-bond donors (Lipinski definition) is 3. The van der Waals surface area contributed by atoms with E-state index in [2.05, 4.69) is 20.4 Å². The van der Waals surface area contributed by atoms with E-state index in [-0.39, 0.29) is 12.6 Å². The number of hydrogen-bond acceptors (Lipinski definition) is 8. The molecule has 1 unspecified atom stereocenters. The molecule has 0 aromatic carbocycles. The summed E-state index contributed by atoms with van der Waals surface area (Å²) < 4.78 is 20.9. The first kappa shape index (κ1) is 23.1. The second kappa shape index (κ2) is 10.2. The van der Waals surface area contributed by atoms with E-state index in [0.29, 0.717) is 39.4 Å². The molecule has 9 nitrogen and oxygen atoms in total. The van der Waals surface area contributed by atoms with E-state index >= 15 is 0 Å². The van der Waals surface area contributed by atoms with Crippen LogP contribution in [0.2, 0.25) is 5.15 Å².